The molecule has 19 heavy (non-hydrogen) atoms. The fraction of sp³-hybridized carbons (Fsp3) is 0.133. The smallest absolute Gasteiger partial charge is 0.251 e. The van der Waals surface area contributed by atoms with Crippen molar-refractivity contribution in [1.82, 2.24) is 5.32 Å². The second-order valence-corrected chi connectivity index (χ2v) is 6.05. The van der Waals surface area contributed by atoms with Crippen molar-refractivity contribution < 1.29 is 4.79 Å². The van der Waals surface area contributed by atoms with E-state index in [0.717, 1.165) is 20.1 Å². The predicted molar refractivity (Wildman–Crippen MR) is 84.2 cm³/mol. The topological polar surface area (TPSA) is 29.1 Å². The molecule has 2 nitrogen and oxygen atoms in total. The maximum absolute atomic E-state index is 12.0. The van der Waals surface area contributed by atoms with E-state index in [1.54, 1.807) is 0 Å². The highest BCUT2D eigenvalue weighted by Gasteiger charge is 2.06. The SMILES string of the molecule is Cc1cc(C(=O)NCc2cccc(Br)c2)ccc1Br. The van der Waals surface area contributed by atoms with E-state index in [4.69, 9.17) is 0 Å². The van der Waals surface area contributed by atoms with Crippen LogP contribution in [0, 0.1) is 6.92 Å². The van der Waals surface area contributed by atoms with Gasteiger partial charge in [-0.1, -0.05) is 44.0 Å². The van der Waals surface area contributed by atoms with Crippen LogP contribution in [0.3, 0.4) is 0 Å². The van der Waals surface area contributed by atoms with Crippen LogP contribution in [0.25, 0.3) is 0 Å². The van der Waals surface area contributed by atoms with Crippen LogP contribution in [0.4, 0.5) is 0 Å². The molecule has 0 aliphatic carbocycles. The average Bonchev–Trinajstić information content (AvgIpc) is 2.39. The van der Waals surface area contributed by atoms with E-state index in [9.17, 15) is 4.79 Å². The van der Waals surface area contributed by atoms with Gasteiger partial charge in [0.1, 0.15) is 0 Å². The number of benzene rings is 2. The van der Waals surface area contributed by atoms with Gasteiger partial charge in [0.25, 0.3) is 5.91 Å². The molecule has 0 radical (unpaired) electrons. The van der Waals surface area contributed by atoms with E-state index < -0.39 is 0 Å². The first kappa shape index (κ1) is 14.3. The van der Waals surface area contributed by atoms with Crippen molar-refractivity contribution in [3.05, 3.63) is 68.1 Å². The summed E-state index contributed by atoms with van der Waals surface area (Å²) in [6, 6.07) is 13.5. The lowest BCUT2D eigenvalue weighted by atomic mass is 10.1. The standard InChI is InChI=1S/C15H13Br2NO/c1-10-7-12(5-6-14(10)17)15(19)18-9-11-3-2-4-13(16)8-11/h2-8H,9H2,1H3,(H,18,19). The van der Waals surface area contributed by atoms with E-state index in [2.05, 4.69) is 37.2 Å². The molecule has 0 aromatic heterocycles. The Hall–Kier alpha value is -1.13. The molecule has 4 heteroatoms. The first-order valence-corrected chi connectivity index (χ1v) is 7.43. The molecule has 0 aliphatic heterocycles. The van der Waals surface area contributed by atoms with Crippen molar-refractivity contribution in [2.45, 2.75) is 13.5 Å². The van der Waals surface area contributed by atoms with Crippen LogP contribution in [-0.2, 0) is 6.54 Å². The largest absolute Gasteiger partial charge is 0.348 e. The third-order valence-electron chi connectivity index (χ3n) is 2.76. The van der Waals surface area contributed by atoms with E-state index >= 15 is 0 Å². The lowest BCUT2D eigenvalue weighted by molar-refractivity contribution is 0.0951. The van der Waals surface area contributed by atoms with E-state index in [0.29, 0.717) is 12.1 Å². The minimum Gasteiger partial charge on any atom is -0.348 e. The van der Waals surface area contributed by atoms with E-state index in [1.807, 2.05) is 49.4 Å². The molecule has 0 heterocycles. The van der Waals surface area contributed by atoms with Gasteiger partial charge in [0, 0.05) is 21.1 Å². The molecule has 0 saturated carbocycles. The molecule has 2 aromatic carbocycles. The van der Waals surface area contributed by atoms with Crippen molar-refractivity contribution in [1.29, 1.82) is 0 Å². The van der Waals surface area contributed by atoms with Gasteiger partial charge in [-0.15, -0.1) is 0 Å². The third-order valence-corrected chi connectivity index (χ3v) is 4.15. The first-order chi connectivity index (χ1) is 9.06. The Morgan fingerprint density at radius 3 is 2.63 bits per heavy atom. The average molecular weight is 383 g/mol. The molecule has 2 rings (SSSR count). The summed E-state index contributed by atoms with van der Waals surface area (Å²) >= 11 is 6.84. The zero-order valence-electron chi connectivity index (χ0n) is 10.4. The molecule has 2 aromatic rings. The van der Waals surface area contributed by atoms with Gasteiger partial charge in [-0.3, -0.25) is 4.79 Å². The van der Waals surface area contributed by atoms with Gasteiger partial charge < -0.3 is 5.32 Å². The summed E-state index contributed by atoms with van der Waals surface area (Å²) in [5, 5.41) is 2.91. The van der Waals surface area contributed by atoms with Crippen molar-refractivity contribution in [3.63, 3.8) is 0 Å². The van der Waals surface area contributed by atoms with Crippen LogP contribution in [0.5, 0.6) is 0 Å². The lowest BCUT2D eigenvalue weighted by Crippen LogP contribution is -2.22. The zero-order valence-corrected chi connectivity index (χ0v) is 13.6. The molecule has 0 bridgehead atoms. The summed E-state index contributed by atoms with van der Waals surface area (Å²) in [7, 11) is 0. The molecular formula is C15H13Br2NO. The number of carbonyl (C=O) groups is 1. The summed E-state index contributed by atoms with van der Waals surface area (Å²) in [6.07, 6.45) is 0. The molecule has 1 N–H and O–H groups in total. The summed E-state index contributed by atoms with van der Waals surface area (Å²) < 4.78 is 2.02. The zero-order chi connectivity index (χ0) is 13.8. The van der Waals surface area contributed by atoms with Gasteiger partial charge in [-0.2, -0.15) is 0 Å². The summed E-state index contributed by atoms with van der Waals surface area (Å²) in [6.45, 7) is 2.49. The van der Waals surface area contributed by atoms with Crippen LogP contribution < -0.4 is 5.32 Å². The minimum absolute atomic E-state index is 0.0597. The third kappa shape index (κ3) is 3.91. The second kappa shape index (κ2) is 6.35. The fourth-order valence-corrected chi connectivity index (χ4v) is 2.41. The highest BCUT2D eigenvalue weighted by molar-refractivity contribution is 9.10. The molecule has 0 fully saturated rings. The molecular weight excluding hydrogens is 370 g/mol. The number of halogens is 2. The predicted octanol–water partition coefficient (Wildman–Crippen LogP) is 4.45. The van der Waals surface area contributed by atoms with Crippen molar-refractivity contribution in [2.75, 3.05) is 0 Å². The summed E-state index contributed by atoms with van der Waals surface area (Å²) in [5.41, 5.74) is 2.79. The number of rotatable bonds is 3. The maximum atomic E-state index is 12.0. The van der Waals surface area contributed by atoms with Crippen molar-refractivity contribution in [2.24, 2.45) is 0 Å². The normalized spacial score (nSPS) is 10.3. The lowest BCUT2D eigenvalue weighted by Gasteiger charge is -2.07. The number of nitrogens with one attached hydrogen (secondary N) is 1. The van der Waals surface area contributed by atoms with Gasteiger partial charge in [-0.05, 0) is 48.4 Å². The van der Waals surface area contributed by atoms with Gasteiger partial charge in [-0.25, -0.2) is 0 Å². The number of hydrogen-bond donors (Lipinski definition) is 1. The maximum Gasteiger partial charge on any atom is 0.251 e. The summed E-state index contributed by atoms with van der Waals surface area (Å²) in [4.78, 5) is 12.0. The number of aryl methyl sites for hydroxylation is 1. The van der Waals surface area contributed by atoms with Crippen molar-refractivity contribution >= 4 is 37.8 Å². The summed E-state index contributed by atoms with van der Waals surface area (Å²) in [5.74, 6) is -0.0597. The second-order valence-electron chi connectivity index (χ2n) is 4.28. The highest BCUT2D eigenvalue weighted by atomic mass is 79.9. The van der Waals surface area contributed by atoms with Gasteiger partial charge in [0.2, 0.25) is 0 Å². The highest BCUT2D eigenvalue weighted by Crippen LogP contribution is 2.17. The molecule has 0 unspecified atom stereocenters. The Kier molecular flexibility index (Phi) is 4.77. The van der Waals surface area contributed by atoms with Gasteiger partial charge in [0.05, 0.1) is 0 Å². The van der Waals surface area contributed by atoms with Crippen molar-refractivity contribution in [3.8, 4) is 0 Å². The molecule has 0 atom stereocenters. The van der Waals surface area contributed by atoms with Gasteiger partial charge >= 0.3 is 0 Å². The van der Waals surface area contributed by atoms with E-state index in [-0.39, 0.29) is 5.91 Å². The Labute approximate surface area is 129 Å². The molecule has 98 valence electrons. The molecule has 0 spiro atoms. The van der Waals surface area contributed by atoms with Crippen LogP contribution in [0.2, 0.25) is 0 Å². The van der Waals surface area contributed by atoms with Crippen LogP contribution in [0.1, 0.15) is 21.5 Å². The fourth-order valence-electron chi connectivity index (χ4n) is 1.72. The van der Waals surface area contributed by atoms with Crippen LogP contribution >= 0.6 is 31.9 Å². The number of hydrogen-bond acceptors (Lipinski definition) is 1. The number of carbonyl (C=O) groups excluding carboxylic acids is 1. The first-order valence-electron chi connectivity index (χ1n) is 5.85. The van der Waals surface area contributed by atoms with Crippen LogP contribution in [-0.4, -0.2) is 5.91 Å². The monoisotopic (exact) mass is 381 g/mol. The van der Waals surface area contributed by atoms with E-state index in [1.165, 1.54) is 0 Å². The molecule has 0 aliphatic rings. The Morgan fingerprint density at radius 2 is 1.95 bits per heavy atom. The number of amides is 1. The van der Waals surface area contributed by atoms with Gasteiger partial charge in [0.15, 0.2) is 0 Å². The Balaban J connectivity index is 2.03. The molecule has 0 saturated heterocycles. The van der Waals surface area contributed by atoms with Crippen LogP contribution in [0.15, 0.2) is 51.4 Å². The molecule has 1 amide bonds. The Morgan fingerprint density at radius 1 is 1.16 bits per heavy atom. The minimum atomic E-state index is -0.0597. The quantitative estimate of drug-likeness (QED) is 0.834. The Bertz CT molecular complexity index is 611.